The van der Waals surface area contributed by atoms with E-state index in [-0.39, 0.29) is 11.6 Å². The fourth-order valence-electron chi connectivity index (χ4n) is 2.42. The van der Waals surface area contributed by atoms with Crippen LogP contribution in [0.1, 0.15) is 22.4 Å². The molecule has 21 heavy (non-hydrogen) atoms. The van der Waals surface area contributed by atoms with Gasteiger partial charge < -0.3 is 5.32 Å². The van der Waals surface area contributed by atoms with Gasteiger partial charge in [-0.05, 0) is 38.0 Å². The number of aromatic nitrogens is 2. The van der Waals surface area contributed by atoms with Crippen LogP contribution in [0.3, 0.4) is 0 Å². The summed E-state index contributed by atoms with van der Waals surface area (Å²) in [6.45, 7) is 5.68. The van der Waals surface area contributed by atoms with E-state index in [0.717, 1.165) is 22.8 Å². The van der Waals surface area contributed by atoms with Crippen LogP contribution in [0.25, 0.3) is 11.3 Å². The summed E-state index contributed by atoms with van der Waals surface area (Å²) >= 11 is 0. The zero-order valence-electron chi connectivity index (χ0n) is 12.3. The topological polar surface area (TPSA) is 37.8 Å². The van der Waals surface area contributed by atoms with E-state index in [1.165, 1.54) is 7.05 Å². The Morgan fingerprint density at radius 3 is 2.00 bits per heavy atom. The van der Waals surface area contributed by atoms with Crippen LogP contribution in [0.4, 0.5) is 19.1 Å². The second-order valence-corrected chi connectivity index (χ2v) is 4.98. The van der Waals surface area contributed by atoms with Crippen LogP contribution in [-0.4, -0.2) is 17.0 Å². The molecule has 1 aromatic carbocycles. The van der Waals surface area contributed by atoms with Gasteiger partial charge in [-0.1, -0.05) is 17.7 Å². The maximum absolute atomic E-state index is 12.9. The van der Waals surface area contributed by atoms with Crippen molar-refractivity contribution in [1.82, 2.24) is 9.97 Å². The normalized spacial score (nSPS) is 11.6. The van der Waals surface area contributed by atoms with Gasteiger partial charge in [-0.2, -0.15) is 13.2 Å². The summed E-state index contributed by atoms with van der Waals surface area (Å²) in [5.74, 6) is -0.0424. The maximum atomic E-state index is 12.9. The van der Waals surface area contributed by atoms with Gasteiger partial charge in [0.25, 0.3) is 0 Å². The molecule has 2 aromatic rings. The first-order chi connectivity index (χ1) is 9.72. The second kappa shape index (κ2) is 5.35. The average Bonchev–Trinajstić information content (AvgIpc) is 2.36. The molecule has 1 heterocycles. The van der Waals surface area contributed by atoms with E-state index in [2.05, 4.69) is 15.3 Å². The first-order valence-electron chi connectivity index (χ1n) is 6.44. The zero-order valence-corrected chi connectivity index (χ0v) is 12.3. The molecule has 6 heteroatoms. The van der Waals surface area contributed by atoms with E-state index < -0.39 is 11.9 Å². The van der Waals surface area contributed by atoms with Crippen molar-refractivity contribution >= 4 is 5.95 Å². The van der Waals surface area contributed by atoms with Gasteiger partial charge in [0.2, 0.25) is 5.95 Å². The maximum Gasteiger partial charge on any atom is 0.433 e. The molecule has 0 atom stereocenters. The summed E-state index contributed by atoms with van der Waals surface area (Å²) in [6, 6.07) is 4.85. The molecular weight excluding hydrogens is 279 g/mol. The van der Waals surface area contributed by atoms with Crippen molar-refractivity contribution in [3.63, 3.8) is 0 Å². The molecule has 0 fully saturated rings. The number of rotatable bonds is 2. The fourth-order valence-corrected chi connectivity index (χ4v) is 2.42. The third kappa shape index (κ3) is 3.15. The molecule has 0 saturated carbocycles. The van der Waals surface area contributed by atoms with E-state index in [1.54, 1.807) is 0 Å². The average molecular weight is 295 g/mol. The quantitative estimate of drug-likeness (QED) is 0.905. The molecule has 0 saturated heterocycles. The minimum atomic E-state index is -4.50. The van der Waals surface area contributed by atoms with Crippen molar-refractivity contribution in [2.45, 2.75) is 26.9 Å². The van der Waals surface area contributed by atoms with Gasteiger partial charge in [0.15, 0.2) is 5.69 Å². The van der Waals surface area contributed by atoms with Gasteiger partial charge in [-0.3, -0.25) is 0 Å². The fraction of sp³-hybridized carbons (Fsp3) is 0.333. The standard InChI is InChI=1S/C15H16F3N3/c1-8-5-9(2)13(10(3)6-8)11-7-12(15(16,17)18)21-14(19-4)20-11/h5-7H,1-4H3,(H,19,20,21). The van der Waals surface area contributed by atoms with Crippen LogP contribution in [0, 0.1) is 20.8 Å². The van der Waals surface area contributed by atoms with Crippen LogP contribution in [0.15, 0.2) is 18.2 Å². The molecule has 1 aromatic heterocycles. The third-order valence-corrected chi connectivity index (χ3v) is 3.17. The Balaban J connectivity index is 2.70. The SMILES string of the molecule is CNc1nc(-c2c(C)cc(C)cc2C)cc(C(F)(F)F)n1. The number of hydrogen-bond acceptors (Lipinski definition) is 3. The third-order valence-electron chi connectivity index (χ3n) is 3.17. The lowest BCUT2D eigenvalue weighted by molar-refractivity contribution is -0.141. The first kappa shape index (κ1) is 15.3. The van der Waals surface area contributed by atoms with Crippen molar-refractivity contribution in [2.24, 2.45) is 0 Å². The van der Waals surface area contributed by atoms with E-state index in [4.69, 9.17) is 0 Å². The van der Waals surface area contributed by atoms with Gasteiger partial charge in [0.1, 0.15) is 0 Å². The van der Waals surface area contributed by atoms with Crippen LogP contribution < -0.4 is 5.32 Å². The Kier molecular flexibility index (Phi) is 3.89. The number of alkyl halides is 3. The Morgan fingerprint density at radius 1 is 0.952 bits per heavy atom. The Morgan fingerprint density at radius 2 is 1.52 bits per heavy atom. The predicted octanol–water partition coefficient (Wildman–Crippen LogP) is 4.13. The molecule has 0 aliphatic heterocycles. The number of hydrogen-bond donors (Lipinski definition) is 1. The van der Waals surface area contributed by atoms with Gasteiger partial charge >= 0.3 is 6.18 Å². The van der Waals surface area contributed by atoms with E-state index in [0.29, 0.717) is 5.56 Å². The minimum Gasteiger partial charge on any atom is -0.357 e. The van der Waals surface area contributed by atoms with Gasteiger partial charge in [0, 0.05) is 12.6 Å². The van der Waals surface area contributed by atoms with Gasteiger partial charge in [-0.15, -0.1) is 0 Å². The lowest BCUT2D eigenvalue weighted by atomic mass is 9.97. The number of nitrogens with one attached hydrogen (secondary N) is 1. The van der Waals surface area contributed by atoms with Crippen LogP contribution in [-0.2, 0) is 6.18 Å². The number of aryl methyl sites for hydroxylation is 3. The monoisotopic (exact) mass is 295 g/mol. The molecule has 1 N–H and O–H groups in total. The molecule has 112 valence electrons. The molecular formula is C15H16F3N3. The summed E-state index contributed by atoms with van der Waals surface area (Å²) in [7, 11) is 1.49. The molecule has 0 unspecified atom stereocenters. The molecule has 2 rings (SSSR count). The van der Waals surface area contributed by atoms with E-state index in [9.17, 15) is 13.2 Å². The van der Waals surface area contributed by atoms with Crippen molar-refractivity contribution in [3.8, 4) is 11.3 Å². The highest BCUT2D eigenvalue weighted by atomic mass is 19.4. The highest BCUT2D eigenvalue weighted by molar-refractivity contribution is 5.69. The van der Waals surface area contributed by atoms with Crippen molar-refractivity contribution in [3.05, 3.63) is 40.6 Å². The van der Waals surface area contributed by atoms with Crippen LogP contribution in [0.2, 0.25) is 0 Å². The Labute approximate surface area is 121 Å². The number of anilines is 1. The summed E-state index contributed by atoms with van der Waals surface area (Å²) in [4.78, 5) is 7.64. The summed E-state index contributed by atoms with van der Waals surface area (Å²) in [6.07, 6.45) is -4.50. The van der Waals surface area contributed by atoms with Gasteiger partial charge in [-0.25, -0.2) is 9.97 Å². The first-order valence-corrected chi connectivity index (χ1v) is 6.44. The molecule has 3 nitrogen and oxygen atoms in total. The number of nitrogens with zero attached hydrogens (tertiary/aromatic N) is 2. The molecule has 0 aliphatic rings. The molecule has 0 aliphatic carbocycles. The molecule has 0 spiro atoms. The van der Waals surface area contributed by atoms with Crippen molar-refractivity contribution < 1.29 is 13.2 Å². The van der Waals surface area contributed by atoms with Gasteiger partial charge in [0.05, 0.1) is 5.69 Å². The molecule has 0 amide bonds. The predicted molar refractivity (Wildman–Crippen MR) is 76.2 cm³/mol. The van der Waals surface area contributed by atoms with Crippen molar-refractivity contribution in [2.75, 3.05) is 12.4 Å². The number of halogens is 3. The van der Waals surface area contributed by atoms with E-state index in [1.807, 2.05) is 32.9 Å². The molecule has 0 bridgehead atoms. The van der Waals surface area contributed by atoms with E-state index >= 15 is 0 Å². The summed E-state index contributed by atoms with van der Waals surface area (Å²) in [5.41, 5.74) is 2.88. The van der Waals surface area contributed by atoms with Crippen LogP contribution in [0.5, 0.6) is 0 Å². The lowest BCUT2D eigenvalue weighted by Crippen LogP contribution is -2.11. The highest BCUT2D eigenvalue weighted by Crippen LogP contribution is 2.33. The zero-order chi connectivity index (χ0) is 15.8. The smallest absolute Gasteiger partial charge is 0.357 e. The lowest BCUT2D eigenvalue weighted by Gasteiger charge is -2.14. The summed E-state index contributed by atoms with van der Waals surface area (Å²) < 4.78 is 38.8. The minimum absolute atomic E-state index is 0.0424. The Bertz CT molecular complexity index is 655. The number of benzene rings is 1. The van der Waals surface area contributed by atoms with Crippen LogP contribution >= 0.6 is 0 Å². The van der Waals surface area contributed by atoms with Crippen molar-refractivity contribution in [1.29, 1.82) is 0 Å². The largest absolute Gasteiger partial charge is 0.433 e. The summed E-state index contributed by atoms with van der Waals surface area (Å²) in [5, 5.41) is 2.58. The molecule has 0 radical (unpaired) electrons. The highest BCUT2D eigenvalue weighted by Gasteiger charge is 2.34. The second-order valence-electron chi connectivity index (χ2n) is 4.98. The Hall–Kier alpha value is -2.11.